The van der Waals surface area contributed by atoms with Gasteiger partial charge in [0.2, 0.25) is 5.91 Å². The van der Waals surface area contributed by atoms with Gasteiger partial charge in [-0.05, 0) is 55.2 Å². The lowest BCUT2D eigenvalue weighted by molar-refractivity contribution is -0.153. The number of halogens is 3. The summed E-state index contributed by atoms with van der Waals surface area (Å²) in [6.07, 6.45) is -2.40. The lowest BCUT2D eigenvalue weighted by Gasteiger charge is -2.35. The zero-order valence-corrected chi connectivity index (χ0v) is 21.6. The Morgan fingerprint density at radius 1 is 1.23 bits per heavy atom. The van der Waals surface area contributed by atoms with Crippen LogP contribution in [0.2, 0.25) is 0 Å². The maximum atomic E-state index is 13.5. The van der Waals surface area contributed by atoms with Crippen molar-refractivity contribution in [1.29, 1.82) is 0 Å². The van der Waals surface area contributed by atoms with E-state index < -0.39 is 45.7 Å². The third-order valence-electron chi connectivity index (χ3n) is 6.47. The van der Waals surface area contributed by atoms with Crippen molar-refractivity contribution in [2.24, 2.45) is 0 Å². The van der Waals surface area contributed by atoms with Crippen molar-refractivity contribution in [1.82, 2.24) is 25.3 Å². The van der Waals surface area contributed by atoms with Crippen LogP contribution in [0.15, 0.2) is 30.3 Å². The third-order valence-corrected chi connectivity index (χ3v) is 7.26. The zero-order chi connectivity index (χ0) is 28.2. The van der Waals surface area contributed by atoms with Gasteiger partial charge < -0.3 is 15.4 Å². The van der Waals surface area contributed by atoms with E-state index in [4.69, 9.17) is 4.74 Å². The van der Waals surface area contributed by atoms with Gasteiger partial charge in [-0.1, -0.05) is 6.07 Å². The van der Waals surface area contributed by atoms with Crippen LogP contribution in [-0.2, 0) is 33.0 Å². The van der Waals surface area contributed by atoms with E-state index in [2.05, 4.69) is 25.9 Å². The minimum absolute atomic E-state index is 0.0433. The number of amides is 2. The minimum atomic E-state index is -4.47. The minimum Gasteiger partial charge on any atom is -0.484 e. The van der Waals surface area contributed by atoms with Crippen LogP contribution < -0.4 is 15.4 Å². The number of hydrogen-bond donors (Lipinski definition) is 2. The Bertz CT molecular complexity index is 1590. The molecule has 15 heteroatoms. The highest BCUT2D eigenvalue weighted by atomic mass is 32.2. The molecule has 3 aromatic rings. The van der Waals surface area contributed by atoms with Gasteiger partial charge in [-0.15, -0.1) is 5.10 Å². The van der Waals surface area contributed by atoms with Gasteiger partial charge in [0, 0.05) is 12.7 Å². The zero-order valence-electron chi connectivity index (χ0n) is 20.8. The highest BCUT2D eigenvalue weighted by Gasteiger charge is 2.47. The lowest BCUT2D eigenvalue weighted by Crippen LogP contribution is -2.49. The first-order chi connectivity index (χ1) is 18.2. The first kappa shape index (κ1) is 26.6. The van der Waals surface area contributed by atoms with Crippen LogP contribution in [-0.4, -0.2) is 65.0 Å². The number of rotatable bonds is 6. The molecule has 1 aromatic carbocycles. The molecule has 2 aliphatic rings. The largest absolute Gasteiger partial charge is 0.484 e. The van der Waals surface area contributed by atoms with E-state index >= 15 is 0 Å². The molecule has 3 heterocycles. The Hall–Kier alpha value is -4.01. The van der Waals surface area contributed by atoms with Crippen LogP contribution in [0, 0.1) is 6.92 Å². The van der Waals surface area contributed by atoms with E-state index in [0.29, 0.717) is 24.2 Å². The monoisotopic (exact) mass is 564 g/mol. The summed E-state index contributed by atoms with van der Waals surface area (Å²) in [7, 11) is -3.65. The molecule has 0 unspecified atom stereocenters. The van der Waals surface area contributed by atoms with Crippen LogP contribution in [0.5, 0.6) is 5.75 Å². The first-order valence-electron chi connectivity index (χ1n) is 11.8. The number of aryl methyl sites for hydroxylation is 2. The summed E-state index contributed by atoms with van der Waals surface area (Å²) in [6, 6.07) is 7.86. The van der Waals surface area contributed by atoms with Crippen molar-refractivity contribution in [3.8, 4) is 11.6 Å². The summed E-state index contributed by atoms with van der Waals surface area (Å²) >= 11 is 0. The highest BCUT2D eigenvalue weighted by Crippen LogP contribution is 2.44. The van der Waals surface area contributed by atoms with E-state index in [1.807, 2.05) is 0 Å². The molecular weight excluding hydrogens is 541 g/mol. The second kappa shape index (κ2) is 9.32. The van der Waals surface area contributed by atoms with Crippen molar-refractivity contribution in [2.45, 2.75) is 37.9 Å². The molecule has 0 saturated carbocycles. The predicted octanol–water partition coefficient (Wildman–Crippen LogP) is 2.02. The molecule has 0 bridgehead atoms. The topological polar surface area (TPSA) is 145 Å². The molecule has 2 aromatic heterocycles. The summed E-state index contributed by atoms with van der Waals surface area (Å²) in [5.41, 5.74) is 1.60. The maximum Gasteiger partial charge on any atom is 0.422 e. The Labute approximate surface area is 220 Å². The average molecular weight is 565 g/mol. The molecule has 1 aliphatic heterocycles. The van der Waals surface area contributed by atoms with Crippen molar-refractivity contribution >= 4 is 27.5 Å². The molecule has 0 saturated heterocycles. The fourth-order valence-corrected chi connectivity index (χ4v) is 5.47. The van der Waals surface area contributed by atoms with Crippen LogP contribution in [0.1, 0.15) is 39.3 Å². The molecule has 1 aliphatic carbocycles. The molecule has 1 spiro atoms. The molecule has 39 heavy (non-hydrogen) atoms. The number of carbonyl (C=O) groups excluding carboxylic acids is 2. The van der Waals surface area contributed by atoms with Crippen LogP contribution >= 0.6 is 0 Å². The smallest absolute Gasteiger partial charge is 0.422 e. The summed E-state index contributed by atoms with van der Waals surface area (Å²) in [6.45, 7) is 0.318. The third kappa shape index (κ3) is 5.44. The van der Waals surface area contributed by atoms with Gasteiger partial charge in [0.25, 0.3) is 5.91 Å². The van der Waals surface area contributed by atoms with Gasteiger partial charge in [0.1, 0.15) is 17.1 Å². The first-order valence-corrected chi connectivity index (χ1v) is 13.8. The lowest BCUT2D eigenvalue weighted by atomic mass is 9.82. The molecule has 206 valence electrons. The summed E-state index contributed by atoms with van der Waals surface area (Å²) in [4.78, 5) is 26.0. The number of nitrogens with one attached hydrogen (secondary N) is 2. The molecule has 2 amide bonds. The van der Waals surface area contributed by atoms with Gasteiger partial charge in [-0.25, -0.2) is 8.42 Å². The normalized spacial score (nSPS) is 18.4. The van der Waals surface area contributed by atoms with E-state index in [0.717, 1.165) is 17.4 Å². The van der Waals surface area contributed by atoms with Gasteiger partial charge >= 0.3 is 6.18 Å². The number of alkyl halides is 3. The van der Waals surface area contributed by atoms with Crippen LogP contribution in [0.3, 0.4) is 0 Å². The number of carbonyl (C=O) groups is 2. The Balaban J connectivity index is 1.52. The number of aromatic nitrogens is 4. The second-order valence-corrected chi connectivity index (χ2v) is 11.8. The number of nitrogens with zero attached hydrogens (tertiary/aromatic N) is 4. The number of anilines is 1. The SMILES string of the molecule is Cc1ccc(-n2nc3c(c2NC(=O)CS(C)(=O)=O)C(=O)N[C@@]2(CCc4cc(OCC(F)(F)F)ccc42)C3)nn1. The van der Waals surface area contributed by atoms with E-state index in [1.54, 1.807) is 25.1 Å². The summed E-state index contributed by atoms with van der Waals surface area (Å²) in [5.74, 6) is -1.98. The molecular formula is C24H23F3N6O5S. The van der Waals surface area contributed by atoms with Gasteiger partial charge in [-0.2, -0.15) is 28.1 Å². The molecule has 11 nitrogen and oxygen atoms in total. The van der Waals surface area contributed by atoms with Gasteiger partial charge in [-0.3, -0.25) is 9.59 Å². The van der Waals surface area contributed by atoms with Crippen LogP contribution in [0.4, 0.5) is 19.0 Å². The fraction of sp³-hybridized carbons (Fsp3) is 0.375. The molecule has 0 fully saturated rings. The number of sulfone groups is 1. The van der Waals surface area contributed by atoms with E-state index in [-0.39, 0.29) is 29.4 Å². The number of ether oxygens (including phenoxy) is 1. The maximum absolute atomic E-state index is 13.5. The highest BCUT2D eigenvalue weighted by molar-refractivity contribution is 7.91. The number of hydrogen-bond acceptors (Lipinski definition) is 8. The Morgan fingerprint density at radius 2 is 2.00 bits per heavy atom. The second-order valence-electron chi connectivity index (χ2n) is 9.67. The number of fused-ring (bicyclic) bond motifs is 3. The number of benzene rings is 1. The Kier molecular flexibility index (Phi) is 6.36. The quantitative estimate of drug-likeness (QED) is 0.463. The van der Waals surface area contributed by atoms with E-state index in [1.165, 1.54) is 16.8 Å². The van der Waals surface area contributed by atoms with E-state index in [9.17, 15) is 31.2 Å². The average Bonchev–Trinajstić information content (AvgIpc) is 3.35. The van der Waals surface area contributed by atoms with Crippen molar-refractivity contribution in [3.63, 3.8) is 0 Å². The molecule has 2 N–H and O–H groups in total. The van der Waals surface area contributed by atoms with Crippen LogP contribution in [0.25, 0.3) is 5.82 Å². The van der Waals surface area contributed by atoms with Gasteiger partial charge in [0.05, 0.1) is 16.9 Å². The summed E-state index contributed by atoms with van der Waals surface area (Å²) in [5, 5.41) is 18.1. The standard InChI is InChI=1S/C24H23F3N6O5S/c1-13-3-6-18(31-30-13)33-21(28-19(34)11-39(2,36)37)20-17(32-33)10-23(29-22(20)35)8-7-14-9-15(4-5-16(14)23)38-12-24(25,26)27/h3-6,9H,7-8,10-12H2,1-2H3,(H,28,34)(H,29,35)/t23-/m0/s1. The Morgan fingerprint density at radius 3 is 2.67 bits per heavy atom. The molecule has 1 atom stereocenters. The molecule has 5 rings (SSSR count). The van der Waals surface area contributed by atoms with Crippen molar-refractivity contribution in [2.75, 3.05) is 23.9 Å². The van der Waals surface area contributed by atoms with Gasteiger partial charge in [0.15, 0.2) is 28.1 Å². The molecule has 0 radical (unpaired) electrons. The predicted molar refractivity (Wildman–Crippen MR) is 131 cm³/mol. The van der Waals surface area contributed by atoms with Crippen molar-refractivity contribution in [3.05, 3.63) is 58.4 Å². The summed E-state index contributed by atoms with van der Waals surface area (Å²) < 4.78 is 67.2. The fourth-order valence-electron chi connectivity index (χ4n) is 4.92. The van der Waals surface area contributed by atoms with Crippen molar-refractivity contribution < 1.29 is 35.9 Å².